The summed E-state index contributed by atoms with van der Waals surface area (Å²) in [6.07, 6.45) is 3.41. The third-order valence-corrected chi connectivity index (χ3v) is 5.34. The van der Waals surface area contributed by atoms with Crippen LogP contribution in [0.3, 0.4) is 0 Å². The average Bonchev–Trinajstić information content (AvgIpc) is 2.66. The Morgan fingerprint density at radius 1 is 1.15 bits per heavy atom. The molecule has 26 heavy (non-hydrogen) atoms. The zero-order valence-electron chi connectivity index (χ0n) is 16.2. The van der Waals surface area contributed by atoms with Gasteiger partial charge in [-0.05, 0) is 31.7 Å². The van der Waals surface area contributed by atoms with Crippen LogP contribution in [0.5, 0.6) is 0 Å². The van der Waals surface area contributed by atoms with Crippen LogP contribution >= 0.6 is 24.0 Å². The van der Waals surface area contributed by atoms with Crippen molar-refractivity contribution in [3.05, 3.63) is 42.0 Å². The summed E-state index contributed by atoms with van der Waals surface area (Å²) in [5.41, 5.74) is 2.79. The van der Waals surface area contributed by atoms with Crippen molar-refractivity contribution in [3.63, 3.8) is 0 Å². The van der Waals surface area contributed by atoms with E-state index in [1.807, 2.05) is 7.05 Å². The van der Waals surface area contributed by atoms with E-state index in [9.17, 15) is 0 Å². The molecule has 0 amide bonds. The molecule has 6 heteroatoms. The molecule has 3 rings (SSSR count). The molecule has 0 saturated carbocycles. The predicted octanol–water partition coefficient (Wildman–Crippen LogP) is 2.21. The Balaban J connectivity index is 0.00000243. The van der Waals surface area contributed by atoms with Crippen LogP contribution in [-0.2, 0) is 0 Å². The van der Waals surface area contributed by atoms with E-state index in [1.165, 1.54) is 11.1 Å². The molecule has 1 N–H and O–H groups in total. The van der Waals surface area contributed by atoms with E-state index in [0.29, 0.717) is 6.04 Å². The third kappa shape index (κ3) is 5.44. The minimum atomic E-state index is 0. The van der Waals surface area contributed by atoms with Crippen molar-refractivity contribution >= 4 is 35.5 Å². The lowest BCUT2D eigenvalue weighted by atomic mass is 10.00. The van der Waals surface area contributed by atoms with Gasteiger partial charge in [-0.15, -0.1) is 24.0 Å². The van der Waals surface area contributed by atoms with E-state index in [-0.39, 0.29) is 24.0 Å². The number of nitrogens with one attached hydrogen (secondary N) is 1. The maximum absolute atomic E-state index is 4.51. The molecule has 5 nitrogen and oxygen atoms in total. The molecular formula is C20H32IN5. The number of likely N-dealkylation sites (N-methyl/N-ethyl adjacent to an activating group) is 2. The van der Waals surface area contributed by atoms with Crippen LogP contribution in [-0.4, -0.2) is 87.1 Å². The van der Waals surface area contributed by atoms with Crippen LogP contribution < -0.4 is 5.32 Å². The van der Waals surface area contributed by atoms with Crippen LogP contribution in [0.15, 0.2) is 41.4 Å². The summed E-state index contributed by atoms with van der Waals surface area (Å²) < 4.78 is 0. The highest BCUT2D eigenvalue weighted by molar-refractivity contribution is 14.0. The number of aliphatic imine (C=N–C) groups is 1. The molecular weight excluding hydrogens is 437 g/mol. The molecule has 0 bridgehead atoms. The van der Waals surface area contributed by atoms with Gasteiger partial charge in [-0.3, -0.25) is 9.89 Å². The van der Waals surface area contributed by atoms with Gasteiger partial charge in [0, 0.05) is 52.4 Å². The summed E-state index contributed by atoms with van der Waals surface area (Å²) in [7, 11) is 6.31. The second-order valence-electron chi connectivity index (χ2n) is 7.12. The second-order valence-corrected chi connectivity index (χ2v) is 7.12. The van der Waals surface area contributed by atoms with Gasteiger partial charge in [-0.1, -0.05) is 36.4 Å². The zero-order valence-corrected chi connectivity index (χ0v) is 18.5. The molecule has 0 radical (unpaired) electrons. The number of guanidine groups is 1. The average molecular weight is 469 g/mol. The molecule has 0 aromatic heterocycles. The van der Waals surface area contributed by atoms with E-state index in [4.69, 9.17) is 0 Å². The predicted molar refractivity (Wildman–Crippen MR) is 121 cm³/mol. The van der Waals surface area contributed by atoms with Crippen LogP contribution in [0.1, 0.15) is 12.0 Å². The topological polar surface area (TPSA) is 34.1 Å². The van der Waals surface area contributed by atoms with Gasteiger partial charge in [0.05, 0.1) is 0 Å². The van der Waals surface area contributed by atoms with Crippen LogP contribution in [0.25, 0.3) is 5.57 Å². The fourth-order valence-electron chi connectivity index (χ4n) is 3.64. The molecule has 1 aromatic rings. The zero-order chi connectivity index (χ0) is 17.6. The maximum Gasteiger partial charge on any atom is 0.193 e. The van der Waals surface area contributed by atoms with Crippen LogP contribution in [0, 0.1) is 0 Å². The molecule has 1 unspecified atom stereocenters. The first-order valence-electron chi connectivity index (χ1n) is 9.26. The molecule has 2 heterocycles. The van der Waals surface area contributed by atoms with Crippen molar-refractivity contribution in [2.75, 3.05) is 60.4 Å². The number of benzene rings is 1. The molecule has 2 aliphatic rings. The standard InChI is InChI=1S/C20H31N5.HI/c1-21-20(22-15-19-16-23(2)13-14-24(19)3)25-11-9-18(10-12-25)17-7-5-4-6-8-17;/h4-9,19H,10-16H2,1-3H3,(H,21,22);1H. The van der Waals surface area contributed by atoms with Crippen molar-refractivity contribution in [3.8, 4) is 0 Å². The summed E-state index contributed by atoms with van der Waals surface area (Å²) in [5, 5.41) is 3.59. The fraction of sp³-hybridized carbons (Fsp3) is 0.550. The molecule has 1 saturated heterocycles. The van der Waals surface area contributed by atoms with Gasteiger partial charge in [-0.25, -0.2) is 0 Å². The van der Waals surface area contributed by atoms with Crippen molar-refractivity contribution < 1.29 is 0 Å². The van der Waals surface area contributed by atoms with E-state index < -0.39 is 0 Å². The quantitative estimate of drug-likeness (QED) is 0.419. The van der Waals surface area contributed by atoms with Crippen LogP contribution in [0.2, 0.25) is 0 Å². The number of halogens is 1. The lowest BCUT2D eigenvalue weighted by molar-refractivity contribution is 0.116. The highest BCUT2D eigenvalue weighted by Crippen LogP contribution is 2.21. The number of nitrogens with zero attached hydrogens (tertiary/aromatic N) is 4. The van der Waals surface area contributed by atoms with Gasteiger partial charge in [0.1, 0.15) is 0 Å². The van der Waals surface area contributed by atoms with Crippen molar-refractivity contribution in [2.24, 2.45) is 4.99 Å². The maximum atomic E-state index is 4.51. The number of piperazine rings is 1. The molecule has 1 atom stereocenters. The summed E-state index contributed by atoms with van der Waals surface area (Å²) in [6, 6.07) is 11.2. The summed E-state index contributed by atoms with van der Waals surface area (Å²) in [5.74, 6) is 1.02. The van der Waals surface area contributed by atoms with Crippen molar-refractivity contribution in [1.82, 2.24) is 20.0 Å². The number of hydrogen-bond acceptors (Lipinski definition) is 3. The van der Waals surface area contributed by atoms with Crippen LogP contribution in [0.4, 0.5) is 0 Å². The van der Waals surface area contributed by atoms with Gasteiger partial charge in [0.15, 0.2) is 5.96 Å². The Kier molecular flexibility index (Phi) is 8.37. The van der Waals surface area contributed by atoms with Gasteiger partial charge in [0.25, 0.3) is 0 Å². The Morgan fingerprint density at radius 2 is 1.92 bits per heavy atom. The molecule has 144 valence electrons. The van der Waals surface area contributed by atoms with E-state index in [1.54, 1.807) is 0 Å². The first-order valence-corrected chi connectivity index (χ1v) is 9.26. The number of rotatable bonds is 3. The Bertz CT molecular complexity index is 616. The lowest BCUT2D eigenvalue weighted by Gasteiger charge is -2.38. The summed E-state index contributed by atoms with van der Waals surface area (Å²) >= 11 is 0. The Morgan fingerprint density at radius 3 is 2.58 bits per heavy atom. The minimum Gasteiger partial charge on any atom is -0.355 e. The first-order chi connectivity index (χ1) is 12.2. The van der Waals surface area contributed by atoms with E-state index >= 15 is 0 Å². The molecule has 1 fully saturated rings. The Labute approximate surface area is 175 Å². The number of hydrogen-bond donors (Lipinski definition) is 1. The molecule has 0 spiro atoms. The highest BCUT2D eigenvalue weighted by Gasteiger charge is 2.23. The smallest absolute Gasteiger partial charge is 0.193 e. The molecule has 0 aliphatic carbocycles. The van der Waals surface area contributed by atoms with Crippen molar-refractivity contribution in [1.29, 1.82) is 0 Å². The highest BCUT2D eigenvalue weighted by atomic mass is 127. The monoisotopic (exact) mass is 469 g/mol. The van der Waals surface area contributed by atoms with Gasteiger partial charge < -0.3 is 15.1 Å². The largest absolute Gasteiger partial charge is 0.355 e. The molecule has 2 aliphatic heterocycles. The normalized spacial score (nSPS) is 22.6. The van der Waals surface area contributed by atoms with Crippen molar-refractivity contribution in [2.45, 2.75) is 12.5 Å². The lowest BCUT2D eigenvalue weighted by Crippen LogP contribution is -2.56. The Hall–Kier alpha value is -1.12. The summed E-state index contributed by atoms with van der Waals surface area (Å²) in [4.78, 5) is 11.7. The SMILES string of the molecule is CN=C(NCC1CN(C)CCN1C)N1CC=C(c2ccccc2)CC1.I. The molecule has 1 aromatic carbocycles. The third-order valence-electron chi connectivity index (χ3n) is 5.34. The summed E-state index contributed by atoms with van der Waals surface area (Å²) in [6.45, 7) is 6.28. The second kappa shape index (κ2) is 10.3. The fourth-order valence-corrected chi connectivity index (χ4v) is 3.64. The van der Waals surface area contributed by atoms with Gasteiger partial charge in [0.2, 0.25) is 0 Å². The van der Waals surface area contributed by atoms with Gasteiger partial charge >= 0.3 is 0 Å². The first kappa shape index (κ1) is 21.2. The van der Waals surface area contributed by atoms with Gasteiger partial charge in [-0.2, -0.15) is 0 Å². The van der Waals surface area contributed by atoms with E-state index in [2.05, 4.69) is 75.5 Å². The van der Waals surface area contributed by atoms with E-state index in [0.717, 1.165) is 51.6 Å². The minimum absolute atomic E-state index is 0.